The molecule has 3 saturated heterocycles. The van der Waals surface area contributed by atoms with Crippen molar-refractivity contribution in [2.24, 2.45) is 45.3 Å². The van der Waals surface area contributed by atoms with Crippen LogP contribution in [0.5, 0.6) is 0 Å². The first-order valence-electron chi connectivity index (χ1n) is 25.3. The Morgan fingerprint density at radius 3 is 1.83 bits per heavy atom. The molecule has 0 aromatic carbocycles. The van der Waals surface area contributed by atoms with Crippen molar-refractivity contribution in [2.45, 2.75) is 230 Å². The number of rotatable bonds is 14. The third kappa shape index (κ3) is 9.75. The molecule has 0 aromatic rings. The normalized spacial score (nSPS) is 50.5. The van der Waals surface area contributed by atoms with E-state index in [0.717, 1.165) is 38.2 Å². The Balaban J connectivity index is 1.12. The summed E-state index contributed by atoms with van der Waals surface area (Å²) in [4.78, 5) is 11.5. The Morgan fingerprint density at radius 2 is 1.22 bits per heavy atom. The van der Waals surface area contributed by atoms with Crippen molar-refractivity contribution in [1.82, 2.24) is 0 Å². The van der Waals surface area contributed by atoms with E-state index in [9.17, 15) is 61.0 Å². The number of allylic oxidation sites excluding steroid dienone is 2. The van der Waals surface area contributed by atoms with E-state index in [1.54, 1.807) is 0 Å². The molecule has 3 aliphatic heterocycles. The highest BCUT2D eigenvalue weighted by Gasteiger charge is 2.72. The second-order valence-corrected chi connectivity index (χ2v) is 23.5. The molecule has 0 spiro atoms. The van der Waals surface area contributed by atoms with E-state index in [2.05, 4.69) is 40.7 Å². The van der Waals surface area contributed by atoms with Gasteiger partial charge in [0.15, 0.2) is 18.9 Å². The summed E-state index contributed by atoms with van der Waals surface area (Å²) in [5.41, 5.74) is -1.19. The number of carbonyl (C=O) groups is 1. The number of esters is 1. The zero-order valence-electron chi connectivity index (χ0n) is 41.9. The molecule has 19 nitrogen and oxygen atoms in total. The van der Waals surface area contributed by atoms with E-state index < -0.39 is 141 Å². The SMILES string of the molecule is CC(=O)OC[C@H]1O[C@@H](O[C@H]2[C@H](O[C@H]3CC[C@@]4(C)[C@H](CC[C@]5(C)[C@@H]4C[C@@H](O)[C@@H]4[C@@H]([C@](C)(CCC=C(C)C)O[C@@H]6O[C@H](CO)[C@@H](O)[C@H](O)[C@H]6O)CC[C@]45C)C3(C)C)O[C@H](CO)[C@@H](O)[C@@H]2O)[C@H](O)[C@@H](O)[C@@H]1O. The number of hydrogen-bond acceptors (Lipinski definition) is 19. The molecule has 0 amide bonds. The summed E-state index contributed by atoms with van der Waals surface area (Å²) in [5, 5.41) is 120. The lowest BCUT2D eigenvalue weighted by atomic mass is 9.35. The maximum atomic E-state index is 12.7. The van der Waals surface area contributed by atoms with E-state index in [1.165, 1.54) is 0 Å². The quantitative estimate of drug-likeness (QED) is 0.0643. The minimum atomic E-state index is -1.83. The molecule has 398 valence electrons. The molecule has 3 heterocycles. The minimum absolute atomic E-state index is 0.0736. The van der Waals surface area contributed by atoms with Gasteiger partial charge in [0, 0.05) is 6.92 Å². The molecular weight excluding hydrogens is 905 g/mol. The zero-order chi connectivity index (χ0) is 50.9. The van der Waals surface area contributed by atoms with Crippen molar-refractivity contribution in [2.75, 3.05) is 19.8 Å². The van der Waals surface area contributed by atoms with Gasteiger partial charge in [-0.2, -0.15) is 0 Å². The van der Waals surface area contributed by atoms with Crippen LogP contribution in [0.4, 0.5) is 0 Å². The maximum absolute atomic E-state index is 12.7. The Kier molecular flexibility index (Phi) is 16.6. The molecule has 7 aliphatic rings. The van der Waals surface area contributed by atoms with Gasteiger partial charge in [-0.3, -0.25) is 4.79 Å². The summed E-state index contributed by atoms with van der Waals surface area (Å²) in [5.74, 6) is -0.869. The van der Waals surface area contributed by atoms with Gasteiger partial charge in [0.05, 0.1) is 31.0 Å². The van der Waals surface area contributed by atoms with Crippen molar-refractivity contribution in [3.8, 4) is 0 Å². The van der Waals surface area contributed by atoms with E-state index in [4.69, 9.17) is 33.2 Å². The molecule has 0 unspecified atom stereocenters. The lowest BCUT2D eigenvalue weighted by Crippen LogP contribution is -2.68. The Labute approximate surface area is 406 Å². The van der Waals surface area contributed by atoms with Crippen molar-refractivity contribution in [1.29, 1.82) is 0 Å². The minimum Gasteiger partial charge on any atom is -0.463 e. The number of hydrogen-bond donors (Lipinski definition) is 11. The molecule has 25 atom stereocenters. The fraction of sp³-hybridized carbons (Fsp3) is 0.940. The van der Waals surface area contributed by atoms with Gasteiger partial charge in [0.1, 0.15) is 79.9 Å². The maximum Gasteiger partial charge on any atom is 0.302 e. The average molecular weight is 989 g/mol. The highest BCUT2D eigenvalue weighted by molar-refractivity contribution is 5.65. The molecular formula is C50H84O19. The molecule has 0 bridgehead atoms. The zero-order valence-corrected chi connectivity index (χ0v) is 41.9. The van der Waals surface area contributed by atoms with Gasteiger partial charge in [-0.15, -0.1) is 0 Å². The Hall–Kier alpha value is -1.47. The molecule has 4 saturated carbocycles. The van der Waals surface area contributed by atoms with Gasteiger partial charge in [-0.25, -0.2) is 0 Å². The summed E-state index contributed by atoms with van der Waals surface area (Å²) in [6.45, 7) is 16.8. The third-order valence-corrected chi connectivity index (χ3v) is 19.1. The molecule has 7 fully saturated rings. The lowest BCUT2D eigenvalue weighted by Gasteiger charge is -2.71. The largest absolute Gasteiger partial charge is 0.463 e. The number of carbonyl (C=O) groups excluding carboxylic acids is 1. The summed E-state index contributed by atoms with van der Waals surface area (Å²) in [6, 6.07) is 0. The number of aliphatic hydroxyl groups is 11. The standard InChI is InChI=1S/C50H84O19/c1-23(2)11-10-15-50(9,69-44-41(62)37(58)34(55)27(20-51)64-44)25-12-17-49(8)33(25)26(54)19-31-47(6)16-14-32(46(4,5)30(47)13-18-48(31,49)7)67-45-42(39(60)35(56)28(21-52)65-45)68-43-40(61)38(59)36(57)29(66-43)22-63-24(3)53/h11,25-45,51-52,54-62H,10,12-22H2,1-9H3/t25-,26+,27+,28+,29+,30+,31+,32-,33-,34+,35+,36+,37-,38-,39-,40+,41+,42+,43-,44-,45-,47-,48+,49+,50-/m0/s1. The highest BCUT2D eigenvalue weighted by Crippen LogP contribution is 2.76. The van der Waals surface area contributed by atoms with Crippen LogP contribution in [-0.4, -0.2) is 192 Å². The highest BCUT2D eigenvalue weighted by atomic mass is 16.8. The van der Waals surface area contributed by atoms with Gasteiger partial charge in [-0.1, -0.05) is 46.3 Å². The van der Waals surface area contributed by atoms with Crippen LogP contribution >= 0.6 is 0 Å². The van der Waals surface area contributed by atoms with E-state index in [0.29, 0.717) is 32.1 Å². The van der Waals surface area contributed by atoms with Gasteiger partial charge in [0.25, 0.3) is 0 Å². The molecule has 0 radical (unpaired) electrons. The topological polar surface area (TPSA) is 304 Å². The lowest BCUT2D eigenvalue weighted by molar-refractivity contribution is -0.378. The summed E-state index contributed by atoms with van der Waals surface area (Å²) >= 11 is 0. The van der Waals surface area contributed by atoms with Crippen LogP contribution in [0.15, 0.2) is 11.6 Å². The number of aliphatic hydroxyl groups excluding tert-OH is 11. The van der Waals surface area contributed by atoms with E-state index >= 15 is 0 Å². The van der Waals surface area contributed by atoms with E-state index in [1.807, 2.05) is 20.8 Å². The van der Waals surface area contributed by atoms with Gasteiger partial charge in [0.2, 0.25) is 0 Å². The molecule has 4 aliphatic carbocycles. The number of fused-ring (bicyclic) bond motifs is 5. The van der Waals surface area contributed by atoms with Crippen molar-refractivity contribution >= 4 is 5.97 Å². The van der Waals surface area contributed by atoms with Gasteiger partial charge in [-0.05, 0) is 124 Å². The van der Waals surface area contributed by atoms with Crippen LogP contribution in [0.25, 0.3) is 0 Å². The summed E-state index contributed by atoms with van der Waals surface area (Å²) in [6.07, 6.45) is -15.8. The monoisotopic (exact) mass is 989 g/mol. The molecule has 0 aromatic heterocycles. The van der Waals surface area contributed by atoms with E-state index in [-0.39, 0.29) is 39.9 Å². The average Bonchev–Trinajstić information content (AvgIpc) is 3.67. The van der Waals surface area contributed by atoms with Crippen LogP contribution in [0, 0.1) is 45.3 Å². The van der Waals surface area contributed by atoms with Crippen LogP contribution in [-0.2, 0) is 38.0 Å². The molecule has 69 heavy (non-hydrogen) atoms. The van der Waals surface area contributed by atoms with Crippen LogP contribution in [0.2, 0.25) is 0 Å². The fourth-order valence-electron chi connectivity index (χ4n) is 15.1. The molecule has 11 N–H and O–H groups in total. The number of ether oxygens (including phenoxy) is 7. The first kappa shape index (κ1) is 55.3. The van der Waals surface area contributed by atoms with Crippen LogP contribution < -0.4 is 0 Å². The molecule has 19 heteroatoms. The van der Waals surface area contributed by atoms with Crippen molar-refractivity contribution < 1.29 is 94.1 Å². The fourth-order valence-corrected chi connectivity index (χ4v) is 15.1. The first-order valence-corrected chi connectivity index (χ1v) is 25.3. The Morgan fingerprint density at radius 1 is 0.652 bits per heavy atom. The van der Waals surface area contributed by atoms with Gasteiger partial charge < -0.3 is 89.3 Å². The third-order valence-electron chi connectivity index (χ3n) is 19.1. The summed E-state index contributed by atoms with van der Waals surface area (Å²) in [7, 11) is 0. The molecule has 7 rings (SSSR count). The second-order valence-electron chi connectivity index (χ2n) is 23.5. The van der Waals surface area contributed by atoms with Crippen LogP contribution in [0.3, 0.4) is 0 Å². The first-order chi connectivity index (χ1) is 32.2. The van der Waals surface area contributed by atoms with Crippen LogP contribution in [0.1, 0.15) is 120 Å². The Bertz CT molecular complexity index is 1800. The smallest absolute Gasteiger partial charge is 0.302 e. The van der Waals surface area contributed by atoms with Crippen molar-refractivity contribution in [3.63, 3.8) is 0 Å². The predicted molar refractivity (Wildman–Crippen MR) is 243 cm³/mol. The second kappa shape index (κ2) is 20.7. The van der Waals surface area contributed by atoms with Crippen molar-refractivity contribution in [3.05, 3.63) is 11.6 Å². The van der Waals surface area contributed by atoms with Gasteiger partial charge >= 0.3 is 5.97 Å². The summed E-state index contributed by atoms with van der Waals surface area (Å²) < 4.78 is 42.5. The predicted octanol–water partition coefficient (Wildman–Crippen LogP) is 0.544.